The fraction of sp³-hybridized carbons (Fsp3) is 0.625. The highest BCUT2D eigenvalue weighted by Crippen LogP contribution is 2.49. The highest BCUT2D eigenvalue weighted by molar-refractivity contribution is 5.93. The first-order valence-corrected chi connectivity index (χ1v) is 7.90. The molecule has 2 N–H and O–H groups in total. The first kappa shape index (κ1) is 15.9. The van der Waals surface area contributed by atoms with Gasteiger partial charge in [0.15, 0.2) is 5.69 Å². The lowest BCUT2D eigenvalue weighted by atomic mass is 9.82. The minimum Gasteiger partial charge on any atom is -0.370 e. The molecule has 2 aliphatic heterocycles. The van der Waals surface area contributed by atoms with Crippen molar-refractivity contribution in [2.45, 2.75) is 56.8 Å². The van der Waals surface area contributed by atoms with Gasteiger partial charge in [-0.05, 0) is 38.8 Å². The fourth-order valence-electron chi connectivity index (χ4n) is 4.08. The van der Waals surface area contributed by atoms with E-state index in [1.807, 2.05) is 18.7 Å². The Morgan fingerprint density at radius 1 is 1.48 bits per heavy atom. The molecule has 1 aromatic rings. The quantitative estimate of drug-likeness (QED) is 0.892. The summed E-state index contributed by atoms with van der Waals surface area (Å²) in [5, 5.41) is 7.71. The Balaban J connectivity index is 1.94. The SMILES string of the molecule is CC1(C)C[C@]2(CCCN2C(=O)c2cccnn2)[C@H](CC(N)=O)O1. The second kappa shape index (κ2) is 5.56. The number of carbonyl (C=O) groups is 2. The molecule has 7 nitrogen and oxygen atoms in total. The monoisotopic (exact) mass is 318 g/mol. The maximum atomic E-state index is 12.9. The van der Waals surface area contributed by atoms with Crippen molar-refractivity contribution in [1.29, 1.82) is 0 Å². The number of likely N-dealkylation sites (tertiary alicyclic amines) is 1. The average Bonchev–Trinajstić information content (AvgIpc) is 3.00. The lowest BCUT2D eigenvalue weighted by Crippen LogP contribution is -2.53. The molecule has 3 rings (SSSR count). The van der Waals surface area contributed by atoms with E-state index in [9.17, 15) is 9.59 Å². The minimum atomic E-state index is -0.493. The minimum absolute atomic E-state index is 0.119. The third-order valence-electron chi connectivity index (χ3n) is 4.74. The zero-order valence-electron chi connectivity index (χ0n) is 13.5. The summed E-state index contributed by atoms with van der Waals surface area (Å²) in [5.74, 6) is -0.572. The second-order valence-corrected chi connectivity index (χ2v) is 6.99. The van der Waals surface area contributed by atoms with E-state index >= 15 is 0 Å². The van der Waals surface area contributed by atoms with Gasteiger partial charge in [0.25, 0.3) is 5.91 Å². The smallest absolute Gasteiger partial charge is 0.274 e. The van der Waals surface area contributed by atoms with Crippen LogP contribution >= 0.6 is 0 Å². The summed E-state index contributed by atoms with van der Waals surface area (Å²) >= 11 is 0. The number of hydrogen-bond donors (Lipinski definition) is 1. The summed E-state index contributed by atoms with van der Waals surface area (Å²) in [5.41, 5.74) is 4.83. The second-order valence-electron chi connectivity index (χ2n) is 6.99. The molecule has 3 heterocycles. The van der Waals surface area contributed by atoms with Crippen LogP contribution in [0.1, 0.15) is 50.0 Å². The van der Waals surface area contributed by atoms with Crippen molar-refractivity contribution in [1.82, 2.24) is 15.1 Å². The lowest BCUT2D eigenvalue weighted by molar-refractivity contribution is -0.123. The Hall–Kier alpha value is -2.02. The Morgan fingerprint density at radius 2 is 2.26 bits per heavy atom. The van der Waals surface area contributed by atoms with Gasteiger partial charge in [0.2, 0.25) is 5.91 Å². The molecule has 0 bridgehead atoms. The average molecular weight is 318 g/mol. The lowest BCUT2D eigenvalue weighted by Gasteiger charge is -2.38. The van der Waals surface area contributed by atoms with Gasteiger partial charge >= 0.3 is 0 Å². The van der Waals surface area contributed by atoms with Crippen molar-refractivity contribution < 1.29 is 14.3 Å². The van der Waals surface area contributed by atoms with Crippen molar-refractivity contribution in [3.8, 4) is 0 Å². The molecule has 2 saturated heterocycles. The molecule has 2 atom stereocenters. The molecule has 23 heavy (non-hydrogen) atoms. The topological polar surface area (TPSA) is 98.4 Å². The van der Waals surface area contributed by atoms with Gasteiger partial charge in [-0.2, -0.15) is 5.10 Å². The van der Waals surface area contributed by atoms with Crippen molar-refractivity contribution in [2.24, 2.45) is 5.73 Å². The third-order valence-corrected chi connectivity index (χ3v) is 4.74. The van der Waals surface area contributed by atoms with E-state index < -0.39 is 17.0 Å². The number of hydrogen-bond acceptors (Lipinski definition) is 5. The third kappa shape index (κ3) is 2.81. The number of carbonyl (C=O) groups excluding carboxylic acids is 2. The predicted octanol–water partition coefficient (Wildman–Crippen LogP) is 0.894. The Labute approximate surface area is 135 Å². The summed E-state index contributed by atoms with van der Waals surface area (Å²) in [6.07, 6.45) is 3.64. The predicted molar refractivity (Wildman–Crippen MR) is 82.4 cm³/mol. The molecule has 1 aromatic heterocycles. The molecular formula is C16H22N4O3. The van der Waals surface area contributed by atoms with Crippen LogP contribution < -0.4 is 5.73 Å². The molecule has 0 unspecified atom stereocenters. The Morgan fingerprint density at radius 3 is 2.91 bits per heavy atom. The number of amides is 2. The van der Waals surface area contributed by atoms with Crippen LogP contribution in [-0.2, 0) is 9.53 Å². The summed E-state index contributed by atoms with van der Waals surface area (Å²) in [4.78, 5) is 26.2. The molecule has 0 saturated carbocycles. The van der Waals surface area contributed by atoms with Crippen LogP contribution in [0, 0.1) is 0 Å². The van der Waals surface area contributed by atoms with Gasteiger partial charge in [0.1, 0.15) is 0 Å². The van der Waals surface area contributed by atoms with E-state index in [4.69, 9.17) is 10.5 Å². The van der Waals surface area contributed by atoms with E-state index in [-0.39, 0.29) is 18.4 Å². The first-order chi connectivity index (χ1) is 10.8. The molecule has 7 heteroatoms. The van der Waals surface area contributed by atoms with Crippen LogP contribution in [-0.4, -0.2) is 50.7 Å². The van der Waals surface area contributed by atoms with Gasteiger partial charge in [0, 0.05) is 19.2 Å². The zero-order chi connectivity index (χ0) is 16.7. The molecular weight excluding hydrogens is 296 g/mol. The summed E-state index contributed by atoms with van der Waals surface area (Å²) in [7, 11) is 0. The van der Waals surface area contributed by atoms with Gasteiger partial charge in [0.05, 0.1) is 23.7 Å². The van der Waals surface area contributed by atoms with Crippen LogP contribution in [0.25, 0.3) is 0 Å². The largest absolute Gasteiger partial charge is 0.370 e. The van der Waals surface area contributed by atoms with Crippen molar-refractivity contribution >= 4 is 11.8 Å². The Kier molecular flexibility index (Phi) is 3.83. The van der Waals surface area contributed by atoms with Gasteiger partial charge in [-0.1, -0.05) is 0 Å². The summed E-state index contributed by atoms with van der Waals surface area (Å²) in [6.45, 7) is 4.60. The van der Waals surface area contributed by atoms with Crippen LogP contribution in [0.3, 0.4) is 0 Å². The number of aromatic nitrogens is 2. The molecule has 0 aromatic carbocycles. The van der Waals surface area contributed by atoms with E-state index in [2.05, 4.69) is 10.2 Å². The van der Waals surface area contributed by atoms with Crippen molar-refractivity contribution in [3.05, 3.63) is 24.0 Å². The molecule has 0 aliphatic carbocycles. The molecule has 0 radical (unpaired) electrons. The van der Waals surface area contributed by atoms with E-state index in [1.165, 1.54) is 6.20 Å². The van der Waals surface area contributed by atoms with Crippen molar-refractivity contribution in [3.63, 3.8) is 0 Å². The summed E-state index contributed by atoms with van der Waals surface area (Å²) in [6, 6.07) is 3.35. The maximum Gasteiger partial charge on any atom is 0.274 e. The van der Waals surface area contributed by atoms with Gasteiger partial charge in [-0.15, -0.1) is 5.10 Å². The van der Waals surface area contributed by atoms with Crippen LogP contribution in [0.5, 0.6) is 0 Å². The van der Waals surface area contributed by atoms with Crippen LogP contribution in [0.2, 0.25) is 0 Å². The van der Waals surface area contributed by atoms with Crippen LogP contribution in [0.15, 0.2) is 18.3 Å². The van der Waals surface area contributed by atoms with E-state index in [0.29, 0.717) is 18.7 Å². The molecule has 2 fully saturated rings. The van der Waals surface area contributed by atoms with E-state index in [0.717, 1.165) is 12.8 Å². The molecule has 2 amide bonds. The Bertz CT molecular complexity index is 619. The van der Waals surface area contributed by atoms with Gasteiger partial charge in [-0.3, -0.25) is 9.59 Å². The number of ether oxygens (including phenoxy) is 1. The standard InChI is InChI=1S/C16H22N4O3/c1-15(2)10-16(12(23-15)9-13(17)21)6-4-8-20(16)14(22)11-5-3-7-18-19-11/h3,5,7,12H,4,6,8-10H2,1-2H3,(H2,17,21)/t12-,16+/m0/s1. The number of nitrogens with zero attached hydrogens (tertiary/aromatic N) is 3. The van der Waals surface area contributed by atoms with Crippen LogP contribution in [0.4, 0.5) is 0 Å². The molecule has 2 aliphatic rings. The van der Waals surface area contributed by atoms with Crippen molar-refractivity contribution in [2.75, 3.05) is 6.54 Å². The fourth-order valence-corrected chi connectivity index (χ4v) is 4.08. The van der Waals surface area contributed by atoms with Gasteiger partial charge < -0.3 is 15.4 Å². The van der Waals surface area contributed by atoms with E-state index in [1.54, 1.807) is 12.1 Å². The maximum absolute atomic E-state index is 12.9. The highest BCUT2D eigenvalue weighted by Gasteiger charge is 2.58. The highest BCUT2D eigenvalue weighted by atomic mass is 16.5. The molecule has 124 valence electrons. The first-order valence-electron chi connectivity index (χ1n) is 7.90. The summed E-state index contributed by atoms with van der Waals surface area (Å²) < 4.78 is 6.08. The van der Waals surface area contributed by atoms with Gasteiger partial charge in [-0.25, -0.2) is 0 Å². The normalized spacial score (nSPS) is 29.1. The number of primary amides is 1. The number of rotatable bonds is 3. The zero-order valence-corrected chi connectivity index (χ0v) is 13.5. The number of nitrogens with two attached hydrogens (primary N) is 1. The molecule has 1 spiro atoms.